The highest BCUT2D eigenvalue weighted by Gasteiger charge is 2.34. The average molecular weight is 276 g/mol. The normalized spacial score (nSPS) is 19.7. The maximum absolute atomic E-state index is 4.60. The number of hydrogen-bond donors (Lipinski definition) is 1. The number of hydrogen-bond acceptors (Lipinski definition) is 4. The van der Waals surface area contributed by atoms with Crippen LogP contribution in [0, 0.1) is 6.92 Å². The largest absolute Gasteiger partial charge is 0.297 e. The van der Waals surface area contributed by atoms with Gasteiger partial charge in [0.1, 0.15) is 0 Å². The van der Waals surface area contributed by atoms with Crippen molar-refractivity contribution in [2.45, 2.75) is 38.6 Å². The molecule has 1 fully saturated rings. The lowest BCUT2D eigenvalue weighted by molar-refractivity contribution is 0.160. The molecule has 0 aliphatic carbocycles. The summed E-state index contributed by atoms with van der Waals surface area (Å²) in [6.45, 7) is 7.74. The van der Waals surface area contributed by atoms with E-state index in [1.807, 2.05) is 23.7 Å². The molecule has 19 heavy (non-hydrogen) atoms. The molecule has 2 aromatic heterocycles. The monoisotopic (exact) mass is 276 g/mol. The Hall–Kier alpha value is -1.20. The van der Waals surface area contributed by atoms with E-state index in [-0.39, 0.29) is 5.41 Å². The lowest BCUT2D eigenvalue weighted by Crippen LogP contribution is -2.40. The van der Waals surface area contributed by atoms with Gasteiger partial charge in [-0.2, -0.15) is 5.10 Å². The van der Waals surface area contributed by atoms with Crippen molar-refractivity contribution >= 4 is 11.3 Å². The number of likely N-dealkylation sites (tertiary alicyclic amines) is 1. The topological polar surface area (TPSA) is 44.8 Å². The van der Waals surface area contributed by atoms with E-state index in [9.17, 15) is 0 Å². The molecule has 0 saturated carbocycles. The standard InChI is InChI=1S/C14H20N4S/c1-11-9-15-13(19-11)14(2)4-7-18(8-5-14)10-12-3-6-16-17-12/h3,6,9H,4-5,7-8,10H2,1-2H3,(H,16,17). The first-order valence-corrected chi connectivity index (χ1v) is 7.61. The van der Waals surface area contributed by atoms with Gasteiger partial charge in [0.15, 0.2) is 0 Å². The predicted octanol–water partition coefficient (Wildman–Crippen LogP) is 2.73. The molecule has 0 amide bonds. The molecule has 1 N–H and O–H groups in total. The molecule has 3 heterocycles. The van der Waals surface area contributed by atoms with Crippen LogP contribution in [0.2, 0.25) is 0 Å². The van der Waals surface area contributed by atoms with Gasteiger partial charge in [0.25, 0.3) is 0 Å². The first kappa shape index (κ1) is 12.8. The number of H-pyrrole nitrogens is 1. The third-order valence-corrected chi connectivity index (χ3v) is 5.27. The van der Waals surface area contributed by atoms with Crippen molar-refractivity contribution in [3.63, 3.8) is 0 Å². The molecule has 0 unspecified atom stereocenters. The molecule has 0 aromatic carbocycles. The highest BCUT2D eigenvalue weighted by molar-refractivity contribution is 7.11. The predicted molar refractivity (Wildman–Crippen MR) is 77.3 cm³/mol. The first-order valence-electron chi connectivity index (χ1n) is 6.79. The summed E-state index contributed by atoms with van der Waals surface area (Å²) in [5.74, 6) is 0. The summed E-state index contributed by atoms with van der Waals surface area (Å²) in [6, 6.07) is 2.05. The highest BCUT2D eigenvalue weighted by atomic mass is 32.1. The SMILES string of the molecule is Cc1cnc(C2(C)CCN(Cc3ccn[nH]3)CC2)s1. The minimum Gasteiger partial charge on any atom is -0.297 e. The van der Waals surface area contributed by atoms with Crippen LogP contribution in [-0.2, 0) is 12.0 Å². The summed E-state index contributed by atoms with van der Waals surface area (Å²) in [5.41, 5.74) is 1.47. The van der Waals surface area contributed by atoms with Crippen LogP contribution in [0.3, 0.4) is 0 Å². The van der Waals surface area contributed by atoms with Crippen LogP contribution in [0.25, 0.3) is 0 Å². The molecule has 0 atom stereocenters. The van der Waals surface area contributed by atoms with Crippen LogP contribution in [0.4, 0.5) is 0 Å². The molecule has 1 aliphatic rings. The van der Waals surface area contributed by atoms with E-state index >= 15 is 0 Å². The summed E-state index contributed by atoms with van der Waals surface area (Å²) in [7, 11) is 0. The van der Waals surface area contributed by atoms with Gasteiger partial charge in [-0.05, 0) is 38.9 Å². The van der Waals surface area contributed by atoms with E-state index in [4.69, 9.17) is 0 Å². The van der Waals surface area contributed by atoms with Crippen LogP contribution in [-0.4, -0.2) is 33.2 Å². The maximum atomic E-state index is 4.60. The number of nitrogens with zero attached hydrogens (tertiary/aromatic N) is 3. The minimum atomic E-state index is 0.267. The van der Waals surface area contributed by atoms with E-state index in [0.717, 1.165) is 19.6 Å². The lowest BCUT2D eigenvalue weighted by Gasteiger charge is -2.37. The van der Waals surface area contributed by atoms with E-state index in [2.05, 4.69) is 40.0 Å². The summed E-state index contributed by atoms with van der Waals surface area (Å²) >= 11 is 1.85. The van der Waals surface area contributed by atoms with Crippen molar-refractivity contribution in [1.29, 1.82) is 0 Å². The Morgan fingerprint density at radius 2 is 2.21 bits per heavy atom. The van der Waals surface area contributed by atoms with Gasteiger partial charge in [-0.1, -0.05) is 6.92 Å². The molecular formula is C14H20N4S. The van der Waals surface area contributed by atoms with Gasteiger partial charge in [-0.25, -0.2) is 4.98 Å². The molecule has 0 bridgehead atoms. The second-order valence-corrected chi connectivity index (χ2v) is 6.93. The third kappa shape index (κ3) is 2.72. The number of rotatable bonds is 3. The highest BCUT2D eigenvalue weighted by Crippen LogP contribution is 2.37. The van der Waals surface area contributed by atoms with Gasteiger partial charge in [0.2, 0.25) is 0 Å². The van der Waals surface area contributed by atoms with E-state index in [0.29, 0.717) is 0 Å². The average Bonchev–Trinajstić information content (AvgIpc) is 3.04. The zero-order valence-corrected chi connectivity index (χ0v) is 12.3. The van der Waals surface area contributed by atoms with Crippen molar-refractivity contribution in [3.05, 3.63) is 34.0 Å². The third-order valence-electron chi connectivity index (χ3n) is 4.05. The van der Waals surface area contributed by atoms with Crippen molar-refractivity contribution < 1.29 is 0 Å². The maximum Gasteiger partial charge on any atom is 0.0987 e. The second kappa shape index (κ2) is 5.06. The van der Waals surface area contributed by atoms with Crippen molar-refractivity contribution in [2.24, 2.45) is 0 Å². The first-order chi connectivity index (χ1) is 9.16. The second-order valence-electron chi connectivity index (χ2n) is 5.69. The quantitative estimate of drug-likeness (QED) is 0.937. The Balaban J connectivity index is 1.62. The van der Waals surface area contributed by atoms with Gasteiger partial charge < -0.3 is 0 Å². The van der Waals surface area contributed by atoms with Crippen LogP contribution in [0.1, 0.15) is 35.3 Å². The molecule has 1 saturated heterocycles. The summed E-state index contributed by atoms with van der Waals surface area (Å²) in [6.07, 6.45) is 6.20. The molecule has 102 valence electrons. The van der Waals surface area contributed by atoms with Crippen molar-refractivity contribution in [2.75, 3.05) is 13.1 Å². The van der Waals surface area contributed by atoms with Gasteiger partial charge in [-0.3, -0.25) is 10.00 Å². The number of aromatic nitrogens is 3. The fourth-order valence-corrected chi connectivity index (χ4v) is 3.63. The number of thiazole rings is 1. The van der Waals surface area contributed by atoms with Crippen LogP contribution in [0.15, 0.2) is 18.5 Å². The Bertz CT molecular complexity index is 523. The number of nitrogens with one attached hydrogen (secondary N) is 1. The molecule has 0 radical (unpaired) electrons. The van der Waals surface area contributed by atoms with Crippen molar-refractivity contribution in [1.82, 2.24) is 20.1 Å². The lowest BCUT2D eigenvalue weighted by atomic mass is 9.81. The minimum absolute atomic E-state index is 0.267. The van der Waals surface area contributed by atoms with E-state index < -0.39 is 0 Å². The van der Waals surface area contributed by atoms with Gasteiger partial charge >= 0.3 is 0 Å². The van der Waals surface area contributed by atoms with Gasteiger partial charge in [0.05, 0.1) is 5.01 Å². The van der Waals surface area contributed by atoms with E-state index in [1.165, 1.54) is 28.4 Å². The van der Waals surface area contributed by atoms with Crippen LogP contribution < -0.4 is 0 Å². The van der Waals surface area contributed by atoms with Crippen LogP contribution in [0.5, 0.6) is 0 Å². The molecule has 4 nitrogen and oxygen atoms in total. The molecular weight excluding hydrogens is 256 g/mol. The fraction of sp³-hybridized carbons (Fsp3) is 0.571. The summed E-state index contributed by atoms with van der Waals surface area (Å²) < 4.78 is 0. The Labute approximate surface area is 117 Å². The van der Waals surface area contributed by atoms with Crippen LogP contribution >= 0.6 is 11.3 Å². The van der Waals surface area contributed by atoms with Gasteiger partial charge in [0, 0.05) is 34.9 Å². The number of piperidine rings is 1. The zero-order chi connectivity index (χ0) is 13.3. The number of aromatic amines is 1. The molecule has 5 heteroatoms. The molecule has 3 rings (SSSR count). The molecule has 0 spiro atoms. The Morgan fingerprint density at radius 3 is 2.79 bits per heavy atom. The summed E-state index contributed by atoms with van der Waals surface area (Å²) in [4.78, 5) is 8.41. The van der Waals surface area contributed by atoms with E-state index in [1.54, 1.807) is 0 Å². The molecule has 2 aromatic rings. The molecule has 1 aliphatic heterocycles. The fourth-order valence-electron chi connectivity index (χ4n) is 2.67. The number of aryl methyl sites for hydroxylation is 1. The summed E-state index contributed by atoms with van der Waals surface area (Å²) in [5, 5.41) is 8.36. The van der Waals surface area contributed by atoms with Gasteiger partial charge in [-0.15, -0.1) is 11.3 Å². The Kier molecular flexibility index (Phi) is 3.41. The smallest absolute Gasteiger partial charge is 0.0987 e. The van der Waals surface area contributed by atoms with Crippen molar-refractivity contribution in [3.8, 4) is 0 Å². The Morgan fingerprint density at radius 1 is 1.42 bits per heavy atom. The zero-order valence-electron chi connectivity index (χ0n) is 11.5.